The molecule has 5 heterocycles. The smallest absolute Gasteiger partial charge is 0.245 e. The summed E-state index contributed by atoms with van der Waals surface area (Å²) in [7, 11) is 0. The van der Waals surface area contributed by atoms with Crippen molar-refractivity contribution in [3.05, 3.63) is 128 Å². The van der Waals surface area contributed by atoms with Crippen LogP contribution in [-0.2, 0) is 0 Å². The highest BCUT2D eigenvalue weighted by Gasteiger charge is 2.16. The van der Waals surface area contributed by atoms with Gasteiger partial charge in [0, 0.05) is 27.6 Å². The number of hydrogen-bond acceptors (Lipinski definition) is 6. The molecule has 0 saturated carbocycles. The van der Waals surface area contributed by atoms with Crippen molar-refractivity contribution < 1.29 is 8.83 Å². The third-order valence-electron chi connectivity index (χ3n) is 7.17. The van der Waals surface area contributed by atoms with Crippen molar-refractivity contribution >= 4 is 21.8 Å². The van der Waals surface area contributed by atoms with E-state index in [1.807, 2.05) is 42.5 Å². The van der Waals surface area contributed by atoms with Gasteiger partial charge in [0.05, 0.1) is 34.8 Å². The molecule has 0 fully saturated rings. The van der Waals surface area contributed by atoms with Gasteiger partial charge in [0.1, 0.15) is 23.9 Å². The predicted octanol–water partition coefficient (Wildman–Crippen LogP) is 8.22. The van der Waals surface area contributed by atoms with Crippen molar-refractivity contribution in [3.63, 3.8) is 0 Å². The van der Waals surface area contributed by atoms with Gasteiger partial charge in [-0.1, -0.05) is 54.6 Å². The molecular weight excluding hydrogens is 510 g/mol. The first-order valence-corrected chi connectivity index (χ1v) is 13.2. The molecule has 0 amide bonds. The lowest BCUT2D eigenvalue weighted by atomic mass is 10.0. The van der Waals surface area contributed by atoms with Crippen molar-refractivity contribution in [2.24, 2.45) is 0 Å². The van der Waals surface area contributed by atoms with Gasteiger partial charge in [0.15, 0.2) is 0 Å². The van der Waals surface area contributed by atoms with Gasteiger partial charge in [0.2, 0.25) is 11.8 Å². The first kappa shape index (κ1) is 23.1. The molecule has 0 N–H and O–H groups in total. The first-order chi connectivity index (χ1) is 20.3. The van der Waals surface area contributed by atoms with Crippen LogP contribution in [0.4, 0.5) is 0 Å². The number of aromatic nitrogens is 5. The van der Waals surface area contributed by atoms with Gasteiger partial charge in [-0.2, -0.15) is 0 Å². The van der Waals surface area contributed by atoms with Crippen LogP contribution in [0.5, 0.6) is 0 Å². The quantitative estimate of drug-likeness (QED) is 0.223. The minimum atomic E-state index is 0.499. The fraction of sp³-hybridized carbons (Fsp3) is 0. The molecule has 0 aliphatic rings. The number of para-hydroxylation sites is 1. The summed E-state index contributed by atoms with van der Waals surface area (Å²) in [5, 5.41) is 2.31. The van der Waals surface area contributed by atoms with Crippen LogP contribution >= 0.6 is 0 Å². The Morgan fingerprint density at radius 2 is 1.00 bits per heavy atom. The minimum absolute atomic E-state index is 0.499. The van der Waals surface area contributed by atoms with Crippen LogP contribution in [0.2, 0.25) is 0 Å². The monoisotopic (exact) mass is 531 g/mol. The summed E-state index contributed by atoms with van der Waals surface area (Å²) < 4.78 is 13.3. The molecular formula is C34H21N5O2. The Balaban J connectivity index is 1.32. The molecule has 0 aliphatic carbocycles. The number of oxazole rings is 2. The molecule has 7 nitrogen and oxygen atoms in total. The summed E-state index contributed by atoms with van der Waals surface area (Å²) in [4.78, 5) is 18.2. The molecule has 3 aromatic carbocycles. The third-order valence-corrected chi connectivity index (χ3v) is 7.17. The van der Waals surface area contributed by atoms with E-state index < -0.39 is 0 Å². The van der Waals surface area contributed by atoms with E-state index in [1.165, 1.54) is 0 Å². The van der Waals surface area contributed by atoms with Crippen LogP contribution < -0.4 is 0 Å². The number of pyridine rings is 2. The van der Waals surface area contributed by atoms with Crippen molar-refractivity contribution in [2.45, 2.75) is 0 Å². The average molecular weight is 532 g/mol. The Kier molecular flexibility index (Phi) is 5.31. The van der Waals surface area contributed by atoms with Gasteiger partial charge in [-0.15, -0.1) is 0 Å². The standard InChI is InChI=1S/C34H21N5O2/c1-2-6-24(7-3-1)39-31-20-22(27-8-4-10-29(37-27)33-35-16-18-40-33)12-14-25(31)26-15-13-23(21-32(26)39)28-9-5-11-30(38-28)34-36-17-19-41-34/h1-21H. The summed E-state index contributed by atoms with van der Waals surface area (Å²) in [6.45, 7) is 0. The van der Waals surface area contributed by atoms with E-state index in [1.54, 1.807) is 24.9 Å². The molecule has 7 heteroatoms. The second-order valence-corrected chi connectivity index (χ2v) is 9.63. The van der Waals surface area contributed by atoms with Crippen LogP contribution in [0.1, 0.15) is 0 Å². The lowest BCUT2D eigenvalue weighted by Gasteiger charge is -2.10. The van der Waals surface area contributed by atoms with Crippen molar-refractivity contribution in [1.82, 2.24) is 24.5 Å². The van der Waals surface area contributed by atoms with Gasteiger partial charge in [-0.05, 0) is 48.5 Å². The van der Waals surface area contributed by atoms with Gasteiger partial charge in [0.25, 0.3) is 0 Å². The lowest BCUT2D eigenvalue weighted by Crippen LogP contribution is -1.94. The largest absolute Gasteiger partial charge is 0.443 e. The molecule has 0 spiro atoms. The molecule has 0 saturated heterocycles. The van der Waals surface area contributed by atoms with Crippen molar-refractivity contribution in [1.29, 1.82) is 0 Å². The number of fused-ring (bicyclic) bond motifs is 3. The molecule has 8 rings (SSSR count). The maximum atomic E-state index is 5.48. The summed E-state index contributed by atoms with van der Waals surface area (Å²) in [5.41, 5.74) is 8.35. The Morgan fingerprint density at radius 3 is 1.49 bits per heavy atom. The van der Waals surface area contributed by atoms with E-state index in [9.17, 15) is 0 Å². The molecule has 194 valence electrons. The molecule has 0 unspecified atom stereocenters. The minimum Gasteiger partial charge on any atom is -0.443 e. The predicted molar refractivity (Wildman–Crippen MR) is 158 cm³/mol. The highest BCUT2D eigenvalue weighted by molar-refractivity contribution is 6.11. The van der Waals surface area contributed by atoms with Crippen LogP contribution in [0.3, 0.4) is 0 Å². The molecule has 0 bridgehead atoms. The summed E-state index contributed by atoms with van der Waals surface area (Å²) in [6.07, 6.45) is 6.37. The normalized spacial score (nSPS) is 11.4. The van der Waals surface area contributed by atoms with Crippen LogP contribution in [-0.4, -0.2) is 24.5 Å². The van der Waals surface area contributed by atoms with E-state index in [-0.39, 0.29) is 0 Å². The Morgan fingerprint density at radius 1 is 0.488 bits per heavy atom. The Hall–Kier alpha value is -5.82. The molecule has 0 atom stereocenters. The van der Waals surface area contributed by atoms with Gasteiger partial charge in [-0.25, -0.2) is 19.9 Å². The zero-order chi connectivity index (χ0) is 27.2. The molecule has 8 aromatic rings. The van der Waals surface area contributed by atoms with Crippen LogP contribution in [0, 0.1) is 0 Å². The van der Waals surface area contributed by atoms with E-state index in [0.29, 0.717) is 23.2 Å². The molecule has 41 heavy (non-hydrogen) atoms. The number of nitrogens with zero attached hydrogens (tertiary/aromatic N) is 5. The Bertz CT molecular complexity index is 2010. The lowest BCUT2D eigenvalue weighted by molar-refractivity contribution is 0.572. The van der Waals surface area contributed by atoms with E-state index in [4.69, 9.17) is 18.8 Å². The zero-order valence-electron chi connectivity index (χ0n) is 21.7. The molecule has 5 aromatic heterocycles. The Labute approximate surface area is 234 Å². The van der Waals surface area contributed by atoms with Crippen molar-refractivity contribution in [2.75, 3.05) is 0 Å². The van der Waals surface area contributed by atoms with E-state index in [0.717, 1.165) is 50.0 Å². The third kappa shape index (κ3) is 3.99. The number of rotatable bonds is 5. The molecule has 0 radical (unpaired) electrons. The number of benzene rings is 3. The fourth-order valence-corrected chi connectivity index (χ4v) is 5.32. The summed E-state index contributed by atoms with van der Waals surface area (Å²) >= 11 is 0. The van der Waals surface area contributed by atoms with E-state index >= 15 is 0 Å². The van der Waals surface area contributed by atoms with Crippen molar-refractivity contribution in [3.8, 4) is 51.4 Å². The van der Waals surface area contributed by atoms with E-state index in [2.05, 4.69) is 75.2 Å². The maximum absolute atomic E-state index is 5.48. The van der Waals surface area contributed by atoms with Gasteiger partial charge in [-0.3, -0.25) is 0 Å². The first-order valence-electron chi connectivity index (χ1n) is 13.2. The zero-order valence-corrected chi connectivity index (χ0v) is 21.7. The number of hydrogen-bond donors (Lipinski definition) is 0. The van der Waals surface area contributed by atoms with Crippen LogP contribution in [0.25, 0.3) is 73.2 Å². The second-order valence-electron chi connectivity index (χ2n) is 9.63. The van der Waals surface area contributed by atoms with Crippen LogP contribution in [0.15, 0.2) is 137 Å². The SMILES string of the molecule is c1ccc(-n2c3cc(-c4cccc(-c5ncco5)n4)ccc3c3ccc(-c4cccc(-c5ncco5)n4)cc32)cc1. The topological polar surface area (TPSA) is 82.8 Å². The highest BCUT2D eigenvalue weighted by Crippen LogP contribution is 2.37. The molecule has 0 aliphatic heterocycles. The summed E-state index contributed by atoms with van der Waals surface area (Å²) in [5.74, 6) is 0.999. The average Bonchev–Trinajstić information content (AvgIpc) is 3.82. The van der Waals surface area contributed by atoms with Gasteiger partial charge >= 0.3 is 0 Å². The van der Waals surface area contributed by atoms with Gasteiger partial charge < -0.3 is 13.4 Å². The second kappa shape index (κ2) is 9.43. The highest BCUT2D eigenvalue weighted by atomic mass is 16.3. The maximum Gasteiger partial charge on any atom is 0.245 e. The summed E-state index contributed by atoms with van der Waals surface area (Å²) in [6, 6.07) is 35.2. The fourth-order valence-electron chi connectivity index (χ4n) is 5.32.